The first-order valence-corrected chi connectivity index (χ1v) is 10.6. The van der Waals surface area contributed by atoms with Crippen molar-refractivity contribution in [3.05, 3.63) is 77.7 Å². The molecule has 1 aliphatic rings. The summed E-state index contributed by atoms with van der Waals surface area (Å²) in [5.74, 6) is -1.89. The molecule has 3 aromatic rings. The van der Waals surface area contributed by atoms with Crippen LogP contribution in [0.15, 0.2) is 65.3 Å². The zero-order valence-electron chi connectivity index (χ0n) is 18.0. The van der Waals surface area contributed by atoms with Gasteiger partial charge in [-0.25, -0.2) is 4.79 Å². The third-order valence-electron chi connectivity index (χ3n) is 5.59. The number of carbonyl (C=O) groups is 3. The SMILES string of the molecule is CC(CNC(=O)c1occc1NC(=O)OCC1c2ccccc2-c2ccccc21)CC(=O)O. The summed E-state index contributed by atoms with van der Waals surface area (Å²) in [6, 6.07) is 17.5. The summed E-state index contributed by atoms with van der Waals surface area (Å²) in [4.78, 5) is 35.6. The number of rotatable bonds is 8. The molecule has 0 bridgehead atoms. The van der Waals surface area contributed by atoms with Crippen molar-refractivity contribution < 1.29 is 28.6 Å². The van der Waals surface area contributed by atoms with Gasteiger partial charge in [0.1, 0.15) is 6.61 Å². The van der Waals surface area contributed by atoms with E-state index in [-0.39, 0.29) is 42.9 Å². The van der Waals surface area contributed by atoms with Crippen LogP contribution in [-0.4, -0.2) is 36.2 Å². The summed E-state index contributed by atoms with van der Waals surface area (Å²) < 4.78 is 10.7. The first-order chi connectivity index (χ1) is 15.9. The number of hydrogen-bond donors (Lipinski definition) is 3. The number of aliphatic carboxylic acids is 1. The van der Waals surface area contributed by atoms with Gasteiger partial charge in [0, 0.05) is 24.9 Å². The Balaban J connectivity index is 1.37. The number of amides is 2. The maximum Gasteiger partial charge on any atom is 0.411 e. The Morgan fingerprint density at radius 1 is 1.03 bits per heavy atom. The molecule has 1 aromatic heterocycles. The van der Waals surface area contributed by atoms with Crippen molar-refractivity contribution in [2.24, 2.45) is 5.92 Å². The second-order valence-electron chi connectivity index (χ2n) is 8.03. The molecule has 1 heterocycles. The molecule has 2 amide bonds. The molecule has 33 heavy (non-hydrogen) atoms. The Kier molecular flexibility index (Phi) is 6.44. The lowest BCUT2D eigenvalue weighted by atomic mass is 9.98. The molecule has 0 spiro atoms. The average molecular weight is 448 g/mol. The molecule has 0 radical (unpaired) electrons. The topological polar surface area (TPSA) is 118 Å². The van der Waals surface area contributed by atoms with Gasteiger partial charge in [0.25, 0.3) is 5.91 Å². The predicted molar refractivity (Wildman–Crippen MR) is 121 cm³/mol. The molecule has 0 saturated carbocycles. The molecule has 4 rings (SSSR count). The maximum absolute atomic E-state index is 12.5. The number of hydrogen-bond acceptors (Lipinski definition) is 5. The van der Waals surface area contributed by atoms with E-state index in [0.29, 0.717) is 0 Å². The number of anilines is 1. The molecule has 0 saturated heterocycles. The third-order valence-corrected chi connectivity index (χ3v) is 5.59. The van der Waals surface area contributed by atoms with Gasteiger partial charge in [0.05, 0.1) is 12.0 Å². The lowest BCUT2D eigenvalue weighted by Gasteiger charge is -2.14. The largest absolute Gasteiger partial charge is 0.481 e. The Hall–Kier alpha value is -4.07. The fraction of sp³-hybridized carbons (Fsp3) is 0.240. The molecule has 2 aromatic carbocycles. The van der Waals surface area contributed by atoms with E-state index in [9.17, 15) is 14.4 Å². The van der Waals surface area contributed by atoms with Gasteiger partial charge < -0.3 is 19.6 Å². The van der Waals surface area contributed by atoms with Crippen LogP contribution in [0.3, 0.4) is 0 Å². The van der Waals surface area contributed by atoms with E-state index < -0.39 is 18.0 Å². The Labute approximate surface area is 190 Å². The summed E-state index contributed by atoms with van der Waals surface area (Å²) in [5.41, 5.74) is 4.65. The Morgan fingerprint density at radius 2 is 1.67 bits per heavy atom. The molecule has 1 unspecified atom stereocenters. The third kappa shape index (κ3) is 4.90. The summed E-state index contributed by atoms with van der Waals surface area (Å²) in [7, 11) is 0. The first kappa shape index (κ1) is 22.1. The fourth-order valence-corrected chi connectivity index (χ4v) is 4.05. The molecule has 8 heteroatoms. The normalized spacial score (nSPS) is 13.0. The van der Waals surface area contributed by atoms with E-state index in [1.165, 1.54) is 12.3 Å². The van der Waals surface area contributed by atoms with Crippen LogP contribution in [0.2, 0.25) is 0 Å². The van der Waals surface area contributed by atoms with Crippen LogP contribution in [0.1, 0.15) is 40.9 Å². The number of carbonyl (C=O) groups excluding carboxylic acids is 2. The van der Waals surface area contributed by atoms with E-state index in [4.69, 9.17) is 14.3 Å². The fourth-order valence-electron chi connectivity index (χ4n) is 4.05. The Morgan fingerprint density at radius 3 is 2.30 bits per heavy atom. The number of ether oxygens (including phenoxy) is 1. The lowest BCUT2D eigenvalue weighted by molar-refractivity contribution is -0.137. The minimum atomic E-state index is -0.938. The molecule has 170 valence electrons. The molecule has 8 nitrogen and oxygen atoms in total. The highest BCUT2D eigenvalue weighted by molar-refractivity contribution is 6.00. The van der Waals surface area contributed by atoms with Gasteiger partial charge in [0.15, 0.2) is 0 Å². The molecule has 1 atom stereocenters. The summed E-state index contributed by atoms with van der Waals surface area (Å²) in [6.45, 7) is 2.02. The van der Waals surface area contributed by atoms with Crippen molar-refractivity contribution >= 4 is 23.7 Å². The highest BCUT2D eigenvalue weighted by atomic mass is 16.5. The van der Waals surface area contributed by atoms with Gasteiger partial charge in [-0.05, 0) is 28.2 Å². The van der Waals surface area contributed by atoms with Crippen LogP contribution >= 0.6 is 0 Å². The molecule has 0 aliphatic heterocycles. The summed E-state index contributed by atoms with van der Waals surface area (Å²) in [5, 5.41) is 14.0. The van der Waals surface area contributed by atoms with Gasteiger partial charge >= 0.3 is 12.1 Å². The van der Waals surface area contributed by atoms with Crippen molar-refractivity contribution in [1.82, 2.24) is 5.32 Å². The van der Waals surface area contributed by atoms with Crippen molar-refractivity contribution in [2.75, 3.05) is 18.5 Å². The van der Waals surface area contributed by atoms with Crippen LogP contribution < -0.4 is 10.6 Å². The number of furan rings is 1. The highest BCUT2D eigenvalue weighted by Gasteiger charge is 2.29. The number of carboxylic acid groups (broad SMARTS) is 1. The van der Waals surface area contributed by atoms with E-state index in [0.717, 1.165) is 22.3 Å². The van der Waals surface area contributed by atoms with Gasteiger partial charge in [-0.1, -0.05) is 55.5 Å². The van der Waals surface area contributed by atoms with Gasteiger partial charge in [-0.3, -0.25) is 14.9 Å². The second-order valence-corrected chi connectivity index (χ2v) is 8.03. The van der Waals surface area contributed by atoms with Gasteiger partial charge in [-0.2, -0.15) is 0 Å². The Bertz CT molecular complexity index is 1140. The quantitative estimate of drug-likeness (QED) is 0.468. The van der Waals surface area contributed by atoms with Crippen molar-refractivity contribution in [3.63, 3.8) is 0 Å². The standard InChI is InChI=1S/C25H24N2O6/c1-15(12-22(28)29)13-26-24(30)23-21(10-11-32-23)27-25(31)33-14-20-18-8-4-2-6-16(18)17-7-3-5-9-19(17)20/h2-11,15,20H,12-14H2,1H3,(H,26,30)(H,27,31)(H,28,29). The number of benzene rings is 2. The first-order valence-electron chi connectivity index (χ1n) is 10.6. The summed E-state index contributed by atoms with van der Waals surface area (Å²) in [6.07, 6.45) is 0.518. The van der Waals surface area contributed by atoms with Gasteiger partial charge in [-0.15, -0.1) is 0 Å². The average Bonchev–Trinajstić information content (AvgIpc) is 3.38. The van der Waals surface area contributed by atoms with Crippen molar-refractivity contribution in [1.29, 1.82) is 0 Å². The number of nitrogens with one attached hydrogen (secondary N) is 2. The molecular weight excluding hydrogens is 424 g/mol. The lowest BCUT2D eigenvalue weighted by Crippen LogP contribution is -2.29. The summed E-state index contributed by atoms with van der Waals surface area (Å²) >= 11 is 0. The van der Waals surface area contributed by atoms with E-state index in [2.05, 4.69) is 22.8 Å². The number of carboxylic acids is 1. The molecule has 0 fully saturated rings. The molecule has 1 aliphatic carbocycles. The van der Waals surface area contributed by atoms with Crippen molar-refractivity contribution in [2.45, 2.75) is 19.3 Å². The predicted octanol–water partition coefficient (Wildman–Crippen LogP) is 4.48. The van der Waals surface area contributed by atoms with Crippen LogP contribution in [0.5, 0.6) is 0 Å². The highest BCUT2D eigenvalue weighted by Crippen LogP contribution is 2.44. The smallest absolute Gasteiger partial charge is 0.411 e. The van der Waals surface area contributed by atoms with Crippen LogP contribution in [-0.2, 0) is 9.53 Å². The van der Waals surface area contributed by atoms with Crippen LogP contribution in [0.25, 0.3) is 11.1 Å². The van der Waals surface area contributed by atoms with Gasteiger partial charge in [0.2, 0.25) is 5.76 Å². The van der Waals surface area contributed by atoms with E-state index in [1.807, 2.05) is 36.4 Å². The molecular formula is C25H24N2O6. The zero-order chi connectivity index (χ0) is 23.4. The van der Waals surface area contributed by atoms with E-state index in [1.54, 1.807) is 6.92 Å². The monoisotopic (exact) mass is 448 g/mol. The zero-order valence-corrected chi connectivity index (χ0v) is 18.0. The van der Waals surface area contributed by atoms with Crippen LogP contribution in [0.4, 0.5) is 10.5 Å². The maximum atomic E-state index is 12.5. The minimum absolute atomic E-state index is 0.0662. The second kappa shape index (κ2) is 9.60. The van der Waals surface area contributed by atoms with E-state index >= 15 is 0 Å². The number of fused-ring (bicyclic) bond motifs is 3. The van der Waals surface area contributed by atoms with Crippen LogP contribution in [0, 0.1) is 5.92 Å². The molecule has 3 N–H and O–H groups in total. The van der Waals surface area contributed by atoms with Crippen molar-refractivity contribution in [3.8, 4) is 11.1 Å². The minimum Gasteiger partial charge on any atom is -0.481 e.